The molecule has 3 rings (SSSR count). The Bertz CT molecular complexity index is 1030. The summed E-state index contributed by atoms with van der Waals surface area (Å²) in [5.74, 6) is -0.853. The summed E-state index contributed by atoms with van der Waals surface area (Å²) in [5, 5.41) is 11.7. The van der Waals surface area contributed by atoms with Crippen molar-refractivity contribution in [3.05, 3.63) is 53.1 Å². The second kappa shape index (κ2) is 9.29. The van der Waals surface area contributed by atoms with Gasteiger partial charge in [0, 0.05) is 12.2 Å². The van der Waals surface area contributed by atoms with Crippen molar-refractivity contribution in [1.82, 2.24) is 0 Å². The Hall–Kier alpha value is -3.57. The average molecular weight is 428 g/mol. The number of halogens is 1. The van der Waals surface area contributed by atoms with E-state index in [2.05, 4.69) is 5.32 Å². The number of carbonyl (C=O) groups excluding carboxylic acids is 3. The Labute approximate surface area is 177 Å². The van der Waals surface area contributed by atoms with Gasteiger partial charge >= 0.3 is 5.97 Å². The minimum absolute atomic E-state index is 0.0829. The topological polar surface area (TPSA) is 109 Å². The third kappa shape index (κ3) is 4.88. The monoisotopic (exact) mass is 427 g/mol. The highest BCUT2D eigenvalue weighted by molar-refractivity contribution is 6.32. The summed E-state index contributed by atoms with van der Waals surface area (Å²) in [4.78, 5) is 38.0. The number of nitrogens with one attached hydrogen (secondary N) is 1. The lowest BCUT2D eigenvalue weighted by Crippen LogP contribution is -2.40. The van der Waals surface area contributed by atoms with Crippen LogP contribution in [0.5, 0.6) is 5.75 Å². The zero-order chi connectivity index (χ0) is 21.7. The Morgan fingerprint density at radius 1 is 1.33 bits per heavy atom. The SMILES string of the molecule is CC(OC(=O)CCN1C(=O)COc2ccccc21)C(=O)Nc1ccc(C#N)c(Cl)c1. The Balaban J connectivity index is 1.53. The lowest BCUT2D eigenvalue weighted by molar-refractivity contribution is -0.153. The fraction of sp³-hybridized carbons (Fsp3) is 0.238. The standard InChI is InChI=1S/C21H18ClN3O5/c1-13(21(28)24-15-7-6-14(11-23)16(22)10-15)30-20(27)8-9-25-17-4-2-3-5-18(17)29-12-19(25)26/h2-7,10,13H,8-9,12H2,1H3,(H,24,28). The normalized spacial score (nSPS) is 13.5. The summed E-state index contributed by atoms with van der Waals surface area (Å²) < 4.78 is 10.5. The van der Waals surface area contributed by atoms with Gasteiger partial charge in [-0.3, -0.25) is 14.4 Å². The minimum Gasteiger partial charge on any atom is -0.482 e. The van der Waals surface area contributed by atoms with Crippen molar-refractivity contribution >= 4 is 40.8 Å². The lowest BCUT2D eigenvalue weighted by atomic mass is 10.2. The molecule has 0 fully saturated rings. The quantitative estimate of drug-likeness (QED) is 0.710. The highest BCUT2D eigenvalue weighted by Gasteiger charge is 2.26. The van der Waals surface area contributed by atoms with Crippen LogP contribution in [0.2, 0.25) is 5.02 Å². The number of benzene rings is 2. The van der Waals surface area contributed by atoms with E-state index in [9.17, 15) is 14.4 Å². The van der Waals surface area contributed by atoms with Crippen LogP contribution in [-0.4, -0.2) is 37.0 Å². The highest BCUT2D eigenvalue weighted by atomic mass is 35.5. The lowest BCUT2D eigenvalue weighted by Gasteiger charge is -2.29. The molecule has 2 aromatic carbocycles. The van der Waals surface area contributed by atoms with Crippen LogP contribution in [0.3, 0.4) is 0 Å². The number of anilines is 2. The number of hydrogen-bond acceptors (Lipinski definition) is 6. The van der Waals surface area contributed by atoms with E-state index in [4.69, 9.17) is 26.3 Å². The molecule has 8 nitrogen and oxygen atoms in total. The number of para-hydroxylation sites is 2. The molecule has 1 aliphatic heterocycles. The molecule has 0 saturated carbocycles. The van der Waals surface area contributed by atoms with Crippen LogP contribution in [0.4, 0.5) is 11.4 Å². The number of esters is 1. The highest BCUT2D eigenvalue weighted by Crippen LogP contribution is 2.31. The van der Waals surface area contributed by atoms with Gasteiger partial charge in [0.1, 0.15) is 11.8 Å². The molecular weight excluding hydrogens is 410 g/mol. The summed E-state index contributed by atoms with van der Waals surface area (Å²) in [6, 6.07) is 13.4. The molecule has 0 bridgehead atoms. The number of amides is 2. The minimum atomic E-state index is -1.06. The molecule has 0 aliphatic carbocycles. The van der Waals surface area contributed by atoms with Gasteiger partial charge in [0.05, 0.1) is 22.7 Å². The maximum atomic E-state index is 12.3. The number of nitrogens with zero attached hydrogens (tertiary/aromatic N) is 2. The van der Waals surface area contributed by atoms with E-state index in [-0.39, 0.29) is 36.1 Å². The number of fused-ring (bicyclic) bond motifs is 1. The zero-order valence-electron chi connectivity index (χ0n) is 16.1. The fourth-order valence-corrected chi connectivity index (χ4v) is 3.06. The van der Waals surface area contributed by atoms with Gasteiger partial charge in [-0.2, -0.15) is 5.26 Å². The van der Waals surface area contributed by atoms with E-state index in [1.54, 1.807) is 24.3 Å². The van der Waals surface area contributed by atoms with Crippen LogP contribution in [0.25, 0.3) is 0 Å². The molecule has 1 atom stereocenters. The average Bonchev–Trinajstić information content (AvgIpc) is 2.73. The van der Waals surface area contributed by atoms with E-state index < -0.39 is 18.0 Å². The molecule has 0 saturated heterocycles. The van der Waals surface area contributed by atoms with Gasteiger partial charge in [-0.1, -0.05) is 23.7 Å². The van der Waals surface area contributed by atoms with Crippen molar-refractivity contribution in [2.75, 3.05) is 23.4 Å². The van der Waals surface area contributed by atoms with Gasteiger partial charge in [0.25, 0.3) is 11.8 Å². The summed E-state index contributed by atoms with van der Waals surface area (Å²) in [7, 11) is 0. The van der Waals surface area contributed by atoms with Crippen molar-refractivity contribution in [3.63, 3.8) is 0 Å². The number of nitriles is 1. The molecule has 1 heterocycles. The Morgan fingerprint density at radius 2 is 2.10 bits per heavy atom. The van der Waals surface area contributed by atoms with E-state index in [1.807, 2.05) is 6.07 Å². The van der Waals surface area contributed by atoms with Crippen molar-refractivity contribution in [2.45, 2.75) is 19.4 Å². The van der Waals surface area contributed by atoms with Crippen LogP contribution in [0, 0.1) is 11.3 Å². The molecule has 1 aliphatic rings. The molecule has 30 heavy (non-hydrogen) atoms. The zero-order valence-corrected chi connectivity index (χ0v) is 16.8. The van der Waals surface area contributed by atoms with Gasteiger partial charge in [0.15, 0.2) is 12.7 Å². The van der Waals surface area contributed by atoms with Crippen LogP contribution < -0.4 is 15.0 Å². The van der Waals surface area contributed by atoms with E-state index in [1.165, 1.54) is 30.0 Å². The van der Waals surface area contributed by atoms with Gasteiger partial charge in [-0.05, 0) is 37.3 Å². The molecule has 2 amide bonds. The Kier molecular flexibility index (Phi) is 6.54. The number of carbonyl (C=O) groups is 3. The molecular formula is C21H18ClN3O5. The van der Waals surface area contributed by atoms with Crippen molar-refractivity contribution in [3.8, 4) is 11.8 Å². The maximum absolute atomic E-state index is 12.3. The maximum Gasteiger partial charge on any atom is 0.308 e. The molecule has 9 heteroatoms. The Morgan fingerprint density at radius 3 is 2.83 bits per heavy atom. The molecule has 154 valence electrons. The van der Waals surface area contributed by atoms with Crippen LogP contribution in [-0.2, 0) is 19.1 Å². The first-order valence-electron chi connectivity index (χ1n) is 9.11. The second-order valence-electron chi connectivity index (χ2n) is 6.48. The van der Waals surface area contributed by atoms with E-state index in [0.29, 0.717) is 17.1 Å². The third-order valence-electron chi connectivity index (χ3n) is 4.38. The summed E-state index contributed by atoms with van der Waals surface area (Å²) in [6.07, 6.45) is -1.14. The van der Waals surface area contributed by atoms with Crippen LogP contribution in [0.15, 0.2) is 42.5 Å². The van der Waals surface area contributed by atoms with Gasteiger partial charge in [-0.15, -0.1) is 0 Å². The first-order chi connectivity index (χ1) is 14.4. The molecule has 2 aromatic rings. The van der Waals surface area contributed by atoms with Crippen LogP contribution in [0.1, 0.15) is 18.9 Å². The van der Waals surface area contributed by atoms with Crippen molar-refractivity contribution < 1.29 is 23.9 Å². The van der Waals surface area contributed by atoms with Gasteiger partial charge in [0.2, 0.25) is 0 Å². The summed E-state index contributed by atoms with van der Waals surface area (Å²) >= 11 is 5.94. The summed E-state index contributed by atoms with van der Waals surface area (Å²) in [5.41, 5.74) is 1.25. The molecule has 0 radical (unpaired) electrons. The second-order valence-corrected chi connectivity index (χ2v) is 6.89. The van der Waals surface area contributed by atoms with E-state index in [0.717, 1.165) is 0 Å². The largest absolute Gasteiger partial charge is 0.482 e. The number of rotatable bonds is 6. The van der Waals surface area contributed by atoms with Gasteiger partial charge in [-0.25, -0.2) is 0 Å². The first kappa shape index (κ1) is 21.1. The predicted molar refractivity (Wildman–Crippen MR) is 109 cm³/mol. The molecule has 1 unspecified atom stereocenters. The fourth-order valence-electron chi connectivity index (χ4n) is 2.84. The molecule has 0 spiro atoms. The summed E-state index contributed by atoms with van der Waals surface area (Å²) in [6.45, 7) is 1.45. The first-order valence-corrected chi connectivity index (χ1v) is 9.49. The van der Waals surface area contributed by atoms with E-state index >= 15 is 0 Å². The number of hydrogen-bond donors (Lipinski definition) is 1. The van der Waals surface area contributed by atoms with Crippen molar-refractivity contribution in [2.24, 2.45) is 0 Å². The van der Waals surface area contributed by atoms with Gasteiger partial charge < -0.3 is 19.7 Å². The third-order valence-corrected chi connectivity index (χ3v) is 4.70. The molecule has 0 aromatic heterocycles. The predicted octanol–water partition coefficient (Wildman–Crippen LogP) is 2.90. The van der Waals surface area contributed by atoms with Crippen molar-refractivity contribution in [1.29, 1.82) is 5.26 Å². The van der Waals surface area contributed by atoms with Crippen LogP contribution >= 0.6 is 11.6 Å². The number of ether oxygens (including phenoxy) is 2. The molecule has 1 N–H and O–H groups in total. The smallest absolute Gasteiger partial charge is 0.308 e.